The highest BCUT2D eigenvalue weighted by Crippen LogP contribution is 2.28. The second-order valence-corrected chi connectivity index (χ2v) is 4.06. The Bertz CT molecular complexity index is 682. The van der Waals surface area contributed by atoms with Crippen molar-refractivity contribution in [3.05, 3.63) is 29.7 Å². The van der Waals surface area contributed by atoms with Crippen LogP contribution in [-0.2, 0) is 0 Å². The molecule has 98 valence electrons. The summed E-state index contributed by atoms with van der Waals surface area (Å²) in [7, 11) is 3.05. The van der Waals surface area contributed by atoms with Crippen molar-refractivity contribution < 1.29 is 19.8 Å². The Morgan fingerprint density at radius 3 is 2.53 bits per heavy atom. The molecule has 2 rings (SSSR count). The van der Waals surface area contributed by atoms with Crippen molar-refractivity contribution in [2.24, 2.45) is 0 Å². The van der Waals surface area contributed by atoms with Crippen molar-refractivity contribution in [2.45, 2.75) is 0 Å². The zero-order valence-electron chi connectivity index (χ0n) is 10.3. The number of aromatic nitrogens is 2. The molecule has 2 heterocycles. The van der Waals surface area contributed by atoms with Crippen molar-refractivity contribution in [3.63, 3.8) is 0 Å². The Balaban J connectivity index is 2.86. The van der Waals surface area contributed by atoms with Gasteiger partial charge in [-0.05, 0) is 12.1 Å². The van der Waals surface area contributed by atoms with Gasteiger partial charge in [0, 0.05) is 25.7 Å². The van der Waals surface area contributed by atoms with Crippen molar-refractivity contribution >= 4 is 22.8 Å². The van der Waals surface area contributed by atoms with Gasteiger partial charge in [0.1, 0.15) is 11.2 Å². The van der Waals surface area contributed by atoms with Gasteiger partial charge in [-0.1, -0.05) is 0 Å². The van der Waals surface area contributed by atoms with E-state index in [2.05, 4.69) is 9.97 Å². The van der Waals surface area contributed by atoms with Crippen LogP contribution in [0.25, 0.3) is 10.9 Å². The minimum Gasteiger partial charge on any atom is -0.504 e. The molecule has 2 aromatic heterocycles. The fourth-order valence-electron chi connectivity index (χ4n) is 1.65. The van der Waals surface area contributed by atoms with Crippen LogP contribution in [0.4, 0.5) is 0 Å². The third kappa shape index (κ3) is 2.05. The highest BCUT2D eigenvalue weighted by atomic mass is 16.4. The first-order valence-electron chi connectivity index (χ1n) is 5.36. The first-order chi connectivity index (χ1) is 8.93. The van der Waals surface area contributed by atoms with Crippen LogP contribution >= 0.6 is 0 Å². The van der Waals surface area contributed by atoms with E-state index in [9.17, 15) is 14.7 Å². The lowest BCUT2D eigenvalue weighted by Gasteiger charge is -2.13. The molecule has 2 aromatic rings. The first kappa shape index (κ1) is 12.7. The van der Waals surface area contributed by atoms with E-state index in [1.165, 1.54) is 25.2 Å². The van der Waals surface area contributed by atoms with E-state index in [0.29, 0.717) is 5.39 Å². The van der Waals surface area contributed by atoms with Gasteiger partial charge in [-0.3, -0.25) is 9.78 Å². The van der Waals surface area contributed by atoms with E-state index < -0.39 is 23.3 Å². The van der Waals surface area contributed by atoms with E-state index in [1.54, 1.807) is 12.1 Å². The summed E-state index contributed by atoms with van der Waals surface area (Å²) in [6.07, 6.45) is 1.40. The summed E-state index contributed by atoms with van der Waals surface area (Å²) in [5.41, 5.74) is -0.597. The van der Waals surface area contributed by atoms with Gasteiger partial charge in [0.2, 0.25) is 0 Å². The van der Waals surface area contributed by atoms with E-state index in [-0.39, 0.29) is 11.2 Å². The molecule has 0 fully saturated rings. The molecule has 19 heavy (non-hydrogen) atoms. The monoisotopic (exact) mass is 261 g/mol. The molecule has 1 amide bonds. The molecule has 0 unspecified atom stereocenters. The average Bonchev–Trinajstić information content (AvgIpc) is 2.38. The lowest BCUT2D eigenvalue weighted by Crippen LogP contribution is -2.24. The van der Waals surface area contributed by atoms with Crippen LogP contribution in [0.1, 0.15) is 21.0 Å². The first-order valence-corrected chi connectivity index (χ1v) is 5.36. The molecule has 0 bridgehead atoms. The SMILES string of the molecule is CN(C)C(=O)c1nc(C(=O)O)c(O)c2ncccc12. The minimum absolute atomic E-state index is 0.0418. The molecule has 0 aliphatic heterocycles. The van der Waals surface area contributed by atoms with Crippen LogP contribution in [-0.4, -0.2) is 51.1 Å². The second kappa shape index (κ2) is 4.52. The molecule has 0 aliphatic rings. The van der Waals surface area contributed by atoms with Crippen LogP contribution in [0.2, 0.25) is 0 Å². The topological polar surface area (TPSA) is 104 Å². The summed E-state index contributed by atoms with van der Waals surface area (Å²) in [5.74, 6) is -2.42. The maximum absolute atomic E-state index is 12.0. The van der Waals surface area contributed by atoms with Gasteiger partial charge in [0.05, 0.1) is 0 Å². The number of rotatable bonds is 2. The molecular weight excluding hydrogens is 250 g/mol. The molecule has 7 nitrogen and oxygen atoms in total. The summed E-state index contributed by atoms with van der Waals surface area (Å²) < 4.78 is 0. The molecular formula is C12H11N3O4. The molecule has 0 atom stereocenters. The van der Waals surface area contributed by atoms with Crippen LogP contribution in [0.15, 0.2) is 18.3 Å². The number of nitrogens with zero attached hydrogens (tertiary/aromatic N) is 3. The Morgan fingerprint density at radius 2 is 1.95 bits per heavy atom. The smallest absolute Gasteiger partial charge is 0.358 e. The molecule has 0 saturated heterocycles. The predicted octanol–water partition coefficient (Wildman–Crippen LogP) is 0.735. The highest BCUT2D eigenvalue weighted by Gasteiger charge is 2.23. The molecule has 0 radical (unpaired) electrons. The third-order valence-corrected chi connectivity index (χ3v) is 2.55. The number of amides is 1. The number of carbonyl (C=O) groups is 2. The van der Waals surface area contributed by atoms with E-state index in [1.807, 2.05) is 0 Å². The minimum atomic E-state index is -1.42. The predicted molar refractivity (Wildman–Crippen MR) is 66.2 cm³/mol. The van der Waals surface area contributed by atoms with Crippen LogP contribution in [0, 0.1) is 0 Å². The molecule has 0 aliphatic carbocycles. The summed E-state index contributed by atoms with van der Waals surface area (Å²) in [4.78, 5) is 32.0. The number of hydrogen-bond donors (Lipinski definition) is 2. The van der Waals surface area contributed by atoms with Gasteiger partial charge in [0.15, 0.2) is 11.4 Å². The van der Waals surface area contributed by atoms with Crippen LogP contribution in [0.3, 0.4) is 0 Å². The molecule has 7 heteroatoms. The zero-order chi connectivity index (χ0) is 14.2. The Labute approximate surface area is 108 Å². The van der Waals surface area contributed by atoms with Gasteiger partial charge in [0.25, 0.3) is 5.91 Å². The maximum atomic E-state index is 12.0. The van der Waals surface area contributed by atoms with Crippen LogP contribution in [0.5, 0.6) is 5.75 Å². The number of pyridine rings is 2. The van der Waals surface area contributed by atoms with Crippen molar-refractivity contribution in [2.75, 3.05) is 14.1 Å². The fourth-order valence-corrected chi connectivity index (χ4v) is 1.65. The van der Waals surface area contributed by atoms with Gasteiger partial charge >= 0.3 is 5.97 Å². The normalized spacial score (nSPS) is 10.4. The largest absolute Gasteiger partial charge is 0.504 e. The lowest BCUT2D eigenvalue weighted by atomic mass is 10.1. The number of carbonyl (C=O) groups excluding carboxylic acids is 1. The maximum Gasteiger partial charge on any atom is 0.358 e. The number of aromatic hydroxyl groups is 1. The summed E-state index contributed by atoms with van der Waals surface area (Å²) in [6, 6.07) is 3.13. The van der Waals surface area contributed by atoms with Gasteiger partial charge in [-0.2, -0.15) is 0 Å². The Morgan fingerprint density at radius 1 is 1.26 bits per heavy atom. The molecule has 0 saturated carbocycles. The number of fused-ring (bicyclic) bond motifs is 1. The summed E-state index contributed by atoms with van der Waals surface area (Å²) >= 11 is 0. The second-order valence-electron chi connectivity index (χ2n) is 4.06. The van der Waals surface area contributed by atoms with Crippen LogP contribution < -0.4 is 0 Å². The van der Waals surface area contributed by atoms with Crippen molar-refractivity contribution in [1.29, 1.82) is 0 Å². The van der Waals surface area contributed by atoms with E-state index in [4.69, 9.17) is 5.11 Å². The number of hydrogen-bond acceptors (Lipinski definition) is 5. The molecule has 2 N–H and O–H groups in total. The standard InChI is InChI=1S/C12H11N3O4/c1-15(2)11(17)8-6-4-3-5-13-7(6)10(16)9(14-8)12(18)19/h3-5,16H,1-2H3,(H,18,19). The quantitative estimate of drug-likeness (QED) is 0.826. The van der Waals surface area contributed by atoms with E-state index in [0.717, 1.165) is 0 Å². The van der Waals surface area contributed by atoms with Gasteiger partial charge in [-0.15, -0.1) is 0 Å². The Kier molecular flexibility index (Phi) is 3.04. The summed E-state index contributed by atoms with van der Waals surface area (Å²) in [6.45, 7) is 0. The molecule has 0 spiro atoms. The Hall–Kier alpha value is -2.70. The zero-order valence-corrected chi connectivity index (χ0v) is 10.3. The number of carboxylic acids is 1. The summed E-state index contributed by atoms with van der Waals surface area (Å²) in [5, 5.41) is 19.1. The molecule has 0 aromatic carbocycles. The third-order valence-electron chi connectivity index (χ3n) is 2.55. The van der Waals surface area contributed by atoms with Gasteiger partial charge < -0.3 is 15.1 Å². The van der Waals surface area contributed by atoms with Crippen molar-refractivity contribution in [3.8, 4) is 5.75 Å². The van der Waals surface area contributed by atoms with Crippen molar-refractivity contribution in [1.82, 2.24) is 14.9 Å². The van der Waals surface area contributed by atoms with E-state index >= 15 is 0 Å². The average molecular weight is 261 g/mol. The fraction of sp³-hybridized carbons (Fsp3) is 0.167. The van der Waals surface area contributed by atoms with Gasteiger partial charge in [-0.25, -0.2) is 9.78 Å². The lowest BCUT2D eigenvalue weighted by molar-refractivity contribution is 0.0687. The number of aromatic carboxylic acids is 1. The number of carboxylic acid groups (broad SMARTS) is 1. The highest BCUT2D eigenvalue weighted by molar-refractivity contribution is 6.08.